The quantitative estimate of drug-likeness (QED) is 0.739. The van der Waals surface area contributed by atoms with Crippen molar-refractivity contribution in [1.29, 1.82) is 0 Å². The summed E-state index contributed by atoms with van der Waals surface area (Å²) in [5.74, 6) is 1.05. The molecule has 1 aliphatic heterocycles. The Bertz CT molecular complexity index is 225. The Labute approximate surface area is 85.8 Å². The van der Waals surface area contributed by atoms with E-state index in [0.29, 0.717) is 12.6 Å². The van der Waals surface area contributed by atoms with E-state index in [0.717, 1.165) is 12.3 Å². The van der Waals surface area contributed by atoms with Crippen LogP contribution in [0.5, 0.6) is 0 Å². The maximum Gasteiger partial charge on any atom is 0.238 e. The Morgan fingerprint density at radius 3 is 2.79 bits per heavy atom. The Morgan fingerprint density at radius 1 is 1.57 bits per heavy atom. The molecule has 0 radical (unpaired) electrons. The molecule has 1 aliphatic carbocycles. The Morgan fingerprint density at radius 2 is 2.29 bits per heavy atom. The first-order valence-corrected chi connectivity index (χ1v) is 5.78. The summed E-state index contributed by atoms with van der Waals surface area (Å²) >= 11 is 0. The highest BCUT2D eigenvalue weighted by atomic mass is 16.2. The summed E-state index contributed by atoms with van der Waals surface area (Å²) in [6.07, 6.45) is 5.27. The van der Waals surface area contributed by atoms with E-state index in [1.807, 2.05) is 0 Å². The van der Waals surface area contributed by atoms with Gasteiger partial charge in [0.1, 0.15) is 0 Å². The van der Waals surface area contributed by atoms with Gasteiger partial charge < -0.3 is 4.90 Å². The van der Waals surface area contributed by atoms with Crippen molar-refractivity contribution >= 4 is 5.91 Å². The van der Waals surface area contributed by atoms with Gasteiger partial charge in [0.2, 0.25) is 5.91 Å². The lowest BCUT2D eigenvalue weighted by molar-refractivity contribution is -0.131. The fraction of sp³-hybridized carbons (Fsp3) is 0.909. The highest BCUT2D eigenvalue weighted by Gasteiger charge is 2.37. The maximum absolute atomic E-state index is 11.7. The molecular weight excluding hydrogens is 176 g/mol. The third kappa shape index (κ3) is 1.54. The fourth-order valence-corrected chi connectivity index (χ4v) is 2.57. The van der Waals surface area contributed by atoms with E-state index >= 15 is 0 Å². The molecule has 3 heteroatoms. The molecule has 2 atom stereocenters. The summed E-state index contributed by atoms with van der Waals surface area (Å²) < 4.78 is 0. The molecule has 1 saturated heterocycles. The molecule has 1 amide bonds. The minimum Gasteiger partial charge on any atom is -0.323 e. The summed E-state index contributed by atoms with van der Waals surface area (Å²) in [7, 11) is 0. The van der Waals surface area contributed by atoms with Crippen LogP contribution in [0.1, 0.15) is 39.5 Å². The third-order valence-corrected chi connectivity index (χ3v) is 3.77. The molecule has 0 aromatic carbocycles. The van der Waals surface area contributed by atoms with Crippen LogP contribution in [0.4, 0.5) is 0 Å². The van der Waals surface area contributed by atoms with E-state index in [4.69, 9.17) is 0 Å². The SMILES string of the molecule is CCC1NCC(=O)N1C(C)C1CCC1. The molecule has 14 heavy (non-hydrogen) atoms. The number of hydrogen-bond donors (Lipinski definition) is 1. The Kier molecular flexibility index (Phi) is 2.77. The topological polar surface area (TPSA) is 32.3 Å². The zero-order valence-electron chi connectivity index (χ0n) is 9.12. The molecule has 3 nitrogen and oxygen atoms in total. The lowest BCUT2D eigenvalue weighted by Crippen LogP contribution is -2.47. The van der Waals surface area contributed by atoms with Gasteiger partial charge in [0.15, 0.2) is 0 Å². The smallest absolute Gasteiger partial charge is 0.238 e. The van der Waals surface area contributed by atoms with Crippen molar-refractivity contribution in [2.45, 2.75) is 51.7 Å². The van der Waals surface area contributed by atoms with Gasteiger partial charge in [-0.2, -0.15) is 0 Å². The number of carbonyl (C=O) groups is 1. The van der Waals surface area contributed by atoms with Gasteiger partial charge in [0.05, 0.1) is 12.7 Å². The van der Waals surface area contributed by atoms with E-state index in [1.165, 1.54) is 19.3 Å². The maximum atomic E-state index is 11.7. The monoisotopic (exact) mass is 196 g/mol. The van der Waals surface area contributed by atoms with Crippen LogP contribution in [0.25, 0.3) is 0 Å². The van der Waals surface area contributed by atoms with Gasteiger partial charge in [0.25, 0.3) is 0 Å². The van der Waals surface area contributed by atoms with Crippen LogP contribution in [0.15, 0.2) is 0 Å². The predicted octanol–water partition coefficient (Wildman–Crippen LogP) is 1.34. The van der Waals surface area contributed by atoms with Crippen molar-refractivity contribution in [3.05, 3.63) is 0 Å². The molecule has 0 spiro atoms. The fourth-order valence-electron chi connectivity index (χ4n) is 2.57. The van der Waals surface area contributed by atoms with E-state index in [2.05, 4.69) is 24.1 Å². The average molecular weight is 196 g/mol. The lowest BCUT2D eigenvalue weighted by atomic mass is 9.79. The number of nitrogens with zero attached hydrogens (tertiary/aromatic N) is 1. The first kappa shape index (κ1) is 9.97. The molecule has 2 fully saturated rings. The second-order valence-electron chi connectivity index (χ2n) is 4.54. The van der Waals surface area contributed by atoms with Crippen molar-refractivity contribution in [2.24, 2.45) is 5.92 Å². The number of hydrogen-bond acceptors (Lipinski definition) is 2. The second kappa shape index (κ2) is 3.89. The first-order valence-electron chi connectivity index (χ1n) is 5.78. The van der Waals surface area contributed by atoms with Crippen LogP contribution in [-0.2, 0) is 4.79 Å². The number of carbonyl (C=O) groups excluding carboxylic acids is 1. The Balaban J connectivity index is 2.01. The van der Waals surface area contributed by atoms with Gasteiger partial charge >= 0.3 is 0 Å². The molecular formula is C11H20N2O. The van der Waals surface area contributed by atoms with Crippen molar-refractivity contribution < 1.29 is 4.79 Å². The van der Waals surface area contributed by atoms with E-state index in [9.17, 15) is 4.79 Å². The molecule has 1 N–H and O–H groups in total. The average Bonchev–Trinajstić information content (AvgIpc) is 2.43. The minimum absolute atomic E-state index is 0.288. The van der Waals surface area contributed by atoms with Crippen LogP contribution in [0.2, 0.25) is 0 Å². The summed E-state index contributed by atoms with van der Waals surface area (Å²) in [6.45, 7) is 4.88. The Hall–Kier alpha value is -0.570. The van der Waals surface area contributed by atoms with Gasteiger partial charge in [0, 0.05) is 6.04 Å². The summed E-state index contributed by atoms with van der Waals surface area (Å²) in [6, 6.07) is 0.441. The van der Waals surface area contributed by atoms with Crippen LogP contribution < -0.4 is 5.32 Å². The molecule has 0 bridgehead atoms. The summed E-state index contributed by atoms with van der Waals surface area (Å²) in [5, 5.41) is 3.27. The van der Waals surface area contributed by atoms with E-state index in [-0.39, 0.29) is 12.1 Å². The molecule has 1 heterocycles. The molecule has 0 aromatic heterocycles. The van der Waals surface area contributed by atoms with E-state index in [1.54, 1.807) is 0 Å². The normalized spacial score (nSPS) is 30.6. The molecule has 2 aliphatic rings. The number of rotatable bonds is 3. The standard InChI is InChI=1S/C11H20N2O/c1-3-10-12-7-11(14)13(10)8(2)9-5-4-6-9/h8-10,12H,3-7H2,1-2H3. The molecule has 80 valence electrons. The van der Waals surface area contributed by atoms with Gasteiger partial charge in [-0.15, -0.1) is 0 Å². The largest absolute Gasteiger partial charge is 0.323 e. The van der Waals surface area contributed by atoms with Crippen molar-refractivity contribution in [1.82, 2.24) is 10.2 Å². The van der Waals surface area contributed by atoms with Crippen molar-refractivity contribution in [3.63, 3.8) is 0 Å². The van der Waals surface area contributed by atoms with Crippen LogP contribution in [-0.4, -0.2) is 29.6 Å². The lowest BCUT2D eigenvalue weighted by Gasteiger charge is -2.39. The zero-order valence-corrected chi connectivity index (χ0v) is 9.12. The van der Waals surface area contributed by atoms with Gasteiger partial charge in [-0.3, -0.25) is 10.1 Å². The second-order valence-corrected chi connectivity index (χ2v) is 4.54. The third-order valence-electron chi connectivity index (χ3n) is 3.77. The van der Waals surface area contributed by atoms with Gasteiger partial charge in [-0.1, -0.05) is 13.3 Å². The van der Waals surface area contributed by atoms with Crippen molar-refractivity contribution in [3.8, 4) is 0 Å². The van der Waals surface area contributed by atoms with Crippen molar-refractivity contribution in [2.75, 3.05) is 6.54 Å². The molecule has 0 aromatic rings. The number of nitrogens with one attached hydrogen (secondary N) is 1. The van der Waals surface area contributed by atoms with Gasteiger partial charge in [-0.25, -0.2) is 0 Å². The summed E-state index contributed by atoms with van der Waals surface area (Å²) in [5.41, 5.74) is 0. The van der Waals surface area contributed by atoms with Crippen LogP contribution in [0.3, 0.4) is 0 Å². The predicted molar refractivity (Wildman–Crippen MR) is 55.7 cm³/mol. The number of amides is 1. The molecule has 2 rings (SSSR count). The zero-order chi connectivity index (χ0) is 10.1. The molecule has 1 saturated carbocycles. The summed E-state index contributed by atoms with van der Waals surface area (Å²) in [4.78, 5) is 13.8. The highest BCUT2D eigenvalue weighted by molar-refractivity contribution is 5.81. The minimum atomic E-state index is 0.288. The van der Waals surface area contributed by atoms with E-state index < -0.39 is 0 Å². The van der Waals surface area contributed by atoms with Gasteiger partial charge in [-0.05, 0) is 32.1 Å². The van der Waals surface area contributed by atoms with Crippen LogP contribution in [0, 0.1) is 5.92 Å². The molecule has 2 unspecified atom stereocenters. The van der Waals surface area contributed by atoms with Crippen LogP contribution >= 0.6 is 0 Å². The first-order chi connectivity index (χ1) is 6.74. The highest BCUT2D eigenvalue weighted by Crippen LogP contribution is 2.33.